The number of pyridine rings is 1. The highest BCUT2D eigenvalue weighted by atomic mass is 35.5. The van der Waals surface area contributed by atoms with Crippen molar-refractivity contribution < 1.29 is 13.9 Å². The molecule has 0 saturated heterocycles. The Morgan fingerprint density at radius 2 is 1.47 bits per heavy atom. The Hall–Kier alpha value is -4.27. The lowest BCUT2D eigenvalue weighted by molar-refractivity contribution is 0.00809. The van der Waals surface area contributed by atoms with E-state index in [1.54, 1.807) is 30.6 Å². The van der Waals surface area contributed by atoms with E-state index in [4.69, 9.17) is 9.47 Å². The third-order valence-corrected chi connectivity index (χ3v) is 9.91. The molecule has 254 valence electrons. The minimum absolute atomic E-state index is 0. The fraction of sp³-hybridized carbons (Fsp3) is 0.244. The molecular formula is C41H42ClFN2O3S. The Balaban J connectivity index is 0.00000468. The van der Waals surface area contributed by atoms with Gasteiger partial charge < -0.3 is 14.0 Å². The normalized spacial score (nSPS) is 12.0. The first-order chi connectivity index (χ1) is 23.3. The van der Waals surface area contributed by atoms with Crippen molar-refractivity contribution >= 4 is 34.0 Å². The van der Waals surface area contributed by atoms with E-state index in [2.05, 4.69) is 37.9 Å². The second-order valence-electron chi connectivity index (χ2n) is 12.6. The van der Waals surface area contributed by atoms with Crippen LogP contribution in [0.2, 0.25) is 0 Å². The summed E-state index contributed by atoms with van der Waals surface area (Å²) in [5, 5.41) is 0.661. The Morgan fingerprint density at radius 3 is 2.10 bits per heavy atom. The van der Waals surface area contributed by atoms with Crippen molar-refractivity contribution in [2.45, 2.75) is 46.2 Å². The Bertz CT molecular complexity index is 2030. The number of hydrogen-bond acceptors (Lipinski definition) is 5. The maximum atomic E-state index is 15.1. The first kappa shape index (κ1) is 36.0. The number of halogens is 2. The van der Waals surface area contributed by atoms with Crippen LogP contribution < -0.4 is 10.2 Å². The summed E-state index contributed by atoms with van der Waals surface area (Å²) >= 11 is 1.58. The van der Waals surface area contributed by atoms with E-state index in [-0.39, 0.29) is 36.1 Å². The highest BCUT2D eigenvalue weighted by Gasteiger charge is 2.27. The summed E-state index contributed by atoms with van der Waals surface area (Å²) in [6, 6.07) is 35.1. The lowest BCUT2D eigenvalue weighted by Gasteiger charge is -2.24. The molecule has 0 saturated carbocycles. The maximum Gasteiger partial charge on any atom is 0.196 e. The van der Waals surface area contributed by atoms with Crippen LogP contribution in [-0.2, 0) is 31.0 Å². The molecule has 0 fully saturated rings. The molecule has 5 nitrogen and oxygen atoms in total. The van der Waals surface area contributed by atoms with Crippen LogP contribution in [0, 0.1) is 11.7 Å². The topological polar surface area (TPSA) is 43.7 Å². The number of thiophene rings is 1. The quantitative estimate of drug-likeness (QED) is 0.121. The van der Waals surface area contributed by atoms with Gasteiger partial charge in [-0.15, -0.1) is 23.7 Å². The van der Waals surface area contributed by atoms with Crippen LogP contribution in [0.25, 0.3) is 20.7 Å². The number of aromatic nitrogens is 1. The number of hydrogen-bond donors (Lipinski definition) is 0. The molecule has 0 aliphatic heterocycles. The molecule has 0 N–H and O–H groups in total. The van der Waals surface area contributed by atoms with Crippen molar-refractivity contribution in [1.29, 1.82) is 0 Å². The van der Waals surface area contributed by atoms with Gasteiger partial charge in [-0.3, -0.25) is 9.69 Å². The standard InChI is InChI=1S/C41H41FN2O3S.ClH/c1-28(2)39(47-27-30-15-9-6-10-16-30)35-26-44(24-32-17-11-12-18-36(32)42)41-37(38(35)45)34(25-43(3)23-29-13-7-5-8-14-29)40(48-41)31-19-21-33(46-4)22-20-31;/h5-22,26,28,39H,23-25,27H2,1-4H3;1H. The van der Waals surface area contributed by atoms with Gasteiger partial charge in [0.2, 0.25) is 0 Å². The molecular weight excluding hydrogens is 655 g/mol. The number of methoxy groups -OCH3 is 1. The van der Waals surface area contributed by atoms with Crippen LogP contribution in [0.5, 0.6) is 5.75 Å². The molecule has 0 radical (unpaired) electrons. The van der Waals surface area contributed by atoms with Gasteiger partial charge in [0.25, 0.3) is 0 Å². The van der Waals surface area contributed by atoms with Crippen LogP contribution in [0.4, 0.5) is 4.39 Å². The fourth-order valence-electron chi connectivity index (χ4n) is 6.20. The second kappa shape index (κ2) is 16.4. The molecule has 2 heterocycles. The summed E-state index contributed by atoms with van der Waals surface area (Å²) in [4.78, 5) is 18.9. The predicted octanol–water partition coefficient (Wildman–Crippen LogP) is 9.89. The van der Waals surface area contributed by atoms with Gasteiger partial charge in [-0.25, -0.2) is 4.39 Å². The van der Waals surface area contributed by atoms with Crippen LogP contribution in [0.1, 0.15) is 47.8 Å². The zero-order chi connectivity index (χ0) is 33.6. The van der Waals surface area contributed by atoms with E-state index < -0.39 is 6.10 Å². The number of ether oxygens (including phenoxy) is 2. The zero-order valence-corrected chi connectivity index (χ0v) is 29.9. The largest absolute Gasteiger partial charge is 0.497 e. The molecule has 0 amide bonds. The molecule has 6 rings (SSSR count). The fourth-order valence-corrected chi connectivity index (χ4v) is 7.49. The van der Waals surface area contributed by atoms with E-state index in [0.29, 0.717) is 29.7 Å². The first-order valence-corrected chi connectivity index (χ1v) is 17.1. The summed E-state index contributed by atoms with van der Waals surface area (Å²) in [6.45, 7) is 6.07. The monoisotopic (exact) mass is 696 g/mol. The number of fused-ring (bicyclic) bond motifs is 1. The number of nitrogens with zero attached hydrogens (tertiary/aromatic N) is 2. The summed E-state index contributed by atoms with van der Waals surface area (Å²) in [5.74, 6) is 0.505. The van der Waals surface area contributed by atoms with Crippen molar-refractivity contribution in [3.05, 3.63) is 159 Å². The van der Waals surface area contributed by atoms with Gasteiger partial charge in [-0.1, -0.05) is 92.7 Å². The highest BCUT2D eigenvalue weighted by molar-refractivity contribution is 7.22. The molecule has 1 unspecified atom stereocenters. The molecule has 0 bridgehead atoms. The number of benzene rings is 4. The van der Waals surface area contributed by atoms with E-state index in [1.807, 2.05) is 89.6 Å². The molecule has 6 aromatic rings. The van der Waals surface area contributed by atoms with Gasteiger partial charge >= 0.3 is 0 Å². The lowest BCUT2D eigenvalue weighted by atomic mass is 9.97. The summed E-state index contributed by atoms with van der Waals surface area (Å²) in [5.41, 5.74) is 5.28. The minimum atomic E-state index is -0.465. The van der Waals surface area contributed by atoms with Crippen LogP contribution >= 0.6 is 23.7 Å². The van der Waals surface area contributed by atoms with Crippen LogP contribution in [-0.4, -0.2) is 23.6 Å². The predicted molar refractivity (Wildman–Crippen MR) is 201 cm³/mol. The average Bonchev–Trinajstić information content (AvgIpc) is 3.47. The van der Waals surface area contributed by atoms with E-state index in [1.165, 1.54) is 11.6 Å². The SMILES string of the molecule is COc1ccc(-c2sc3c(c2CN(C)Cc2ccccc2)c(=O)c(C(OCc2ccccc2)C(C)C)cn3Cc2ccccc2F)cc1.Cl. The van der Waals surface area contributed by atoms with Gasteiger partial charge in [0, 0.05) is 35.3 Å². The van der Waals surface area contributed by atoms with Crippen molar-refractivity contribution in [3.8, 4) is 16.2 Å². The first-order valence-electron chi connectivity index (χ1n) is 16.3. The summed E-state index contributed by atoms with van der Waals surface area (Å²) in [7, 11) is 3.73. The molecule has 4 aromatic carbocycles. The van der Waals surface area contributed by atoms with E-state index in [9.17, 15) is 4.79 Å². The molecule has 0 aliphatic carbocycles. The summed E-state index contributed by atoms with van der Waals surface area (Å²) in [6.07, 6.45) is 1.44. The van der Waals surface area contributed by atoms with E-state index >= 15 is 4.39 Å². The molecule has 49 heavy (non-hydrogen) atoms. The third kappa shape index (κ3) is 8.31. The average molecular weight is 697 g/mol. The Kier molecular flexibility index (Phi) is 12.1. The number of rotatable bonds is 13. The lowest BCUT2D eigenvalue weighted by Crippen LogP contribution is -2.24. The zero-order valence-electron chi connectivity index (χ0n) is 28.3. The Morgan fingerprint density at radius 1 is 0.837 bits per heavy atom. The molecule has 8 heteroatoms. The molecule has 1 atom stereocenters. The maximum absolute atomic E-state index is 15.1. The van der Waals surface area contributed by atoms with Crippen LogP contribution in [0.15, 0.2) is 120 Å². The van der Waals surface area contributed by atoms with E-state index in [0.717, 1.165) is 38.7 Å². The van der Waals surface area contributed by atoms with Gasteiger partial charge in [0.15, 0.2) is 5.43 Å². The van der Waals surface area contributed by atoms with Gasteiger partial charge in [0.05, 0.1) is 31.8 Å². The van der Waals surface area contributed by atoms with Crippen molar-refractivity contribution in [2.75, 3.05) is 14.2 Å². The van der Waals surface area contributed by atoms with Crippen molar-refractivity contribution in [2.24, 2.45) is 5.92 Å². The second-order valence-corrected chi connectivity index (χ2v) is 13.6. The molecule has 0 spiro atoms. The smallest absolute Gasteiger partial charge is 0.196 e. The van der Waals surface area contributed by atoms with Crippen molar-refractivity contribution in [1.82, 2.24) is 9.47 Å². The molecule has 0 aliphatic rings. The summed E-state index contributed by atoms with van der Waals surface area (Å²) < 4.78 is 29.2. The van der Waals surface area contributed by atoms with Gasteiger partial charge in [0.1, 0.15) is 16.4 Å². The van der Waals surface area contributed by atoms with Gasteiger partial charge in [-0.2, -0.15) is 0 Å². The van der Waals surface area contributed by atoms with Crippen molar-refractivity contribution in [3.63, 3.8) is 0 Å². The minimum Gasteiger partial charge on any atom is -0.497 e. The van der Waals surface area contributed by atoms with Crippen LogP contribution in [0.3, 0.4) is 0 Å². The Labute approximate surface area is 298 Å². The highest BCUT2D eigenvalue weighted by Crippen LogP contribution is 2.40. The molecule has 2 aromatic heterocycles. The van der Waals surface area contributed by atoms with Gasteiger partial charge in [-0.05, 0) is 65.6 Å². The third-order valence-electron chi connectivity index (χ3n) is 8.59.